The second-order valence-corrected chi connectivity index (χ2v) is 4.02. The van der Waals surface area contributed by atoms with Crippen LogP contribution in [0.3, 0.4) is 0 Å². The first-order valence-corrected chi connectivity index (χ1v) is 4.63. The van der Waals surface area contributed by atoms with E-state index in [1.807, 2.05) is 12.1 Å². The molecule has 0 aliphatic rings. The van der Waals surface area contributed by atoms with Gasteiger partial charge in [0.25, 0.3) is 0 Å². The molecule has 0 spiro atoms. The Morgan fingerprint density at radius 1 is 1.43 bits per heavy atom. The first-order valence-electron chi connectivity index (χ1n) is 4.63. The molecule has 1 aromatic heterocycles. The zero-order valence-electron chi connectivity index (χ0n) is 9.23. The molecular weight excluding hydrogens is 180 g/mol. The fraction of sp³-hybridized carbons (Fsp3) is 0.600. The molecule has 4 heteroatoms. The largest absolute Gasteiger partial charge is 0.468 e. The molecule has 0 saturated heterocycles. The maximum atomic E-state index is 8.39. The lowest BCUT2D eigenvalue weighted by Gasteiger charge is -2.21. The summed E-state index contributed by atoms with van der Waals surface area (Å²) < 4.78 is 5.70. The van der Waals surface area contributed by atoms with Gasteiger partial charge in [-0.25, -0.2) is 0 Å². The smallest absolute Gasteiger partial charge is 0.117 e. The molecule has 0 aromatic carbocycles. The Kier molecular flexibility index (Phi) is 6.19. The number of quaternary nitrogens is 1. The highest BCUT2D eigenvalue weighted by Gasteiger charge is 2.02. The lowest BCUT2D eigenvalue weighted by atomic mass is 10.5. The van der Waals surface area contributed by atoms with Gasteiger partial charge in [0.1, 0.15) is 12.3 Å². The number of rotatable bonds is 3. The van der Waals surface area contributed by atoms with Crippen molar-refractivity contribution >= 4 is 0 Å². The van der Waals surface area contributed by atoms with Crippen molar-refractivity contribution in [2.75, 3.05) is 34.3 Å². The minimum Gasteiger partial charge on any atom is -0.468 e. The molecule has 1 aromatic rings. The standard InChI is InChI=1S/C5H7NO.C5H14NO/c6-4-5-2-1-3-7-5;1-6(2,3)4-5-7/h1-3H,4,6H2;7H,4-5H2,1-3H3/q;+1. The topological polar surface area (TPSA) is 59.4 Å². The van der Waals surface area contributed by atoms with Gasteiger partial charge in [-0.3, -0.25) is 0 Å². The molecule has 3 N–H and O–H groups in total. The summed E-state index contributed by atoms with van der Waals surface area (Å²) in [6.45, 7) is 1.61. The molecule has 0 radical (unpaired) electrons. The predicted octanol–water partition coefficient (Wildman–Crippen LogP) is 0.423. The lowest BCUT2D eigenvalue weighted by Crippen LogP contribution is -2.36. The second-order valence-electron chi connectivity index (χ2n) is 4.02. The van der Waals surface area contributed by atoms with E-state index in [2.05, 4.69) is 21.1 Å². The van der Waals surface area contributed by atoms with Gasteiger partial charge in [-0.05, 0) is 12.1 Å². The van der Waals surface area contributed by atoms with Crippen LogP contribution in [0.25, 0.3) is 0 Å². The van der Waals surface area contributed by atoms with E-state index in [1.54, 1.807) is 6.26 Å². The molecule has 0 unspecified atom stereocenters. The summed E-state index contributed by atoms with van der Waals surface area (Å²) in [5.74, 6) is 0.833. The van der Waals surface area contributed by atoms with Crippen LogP contribution in [-0.2, 0) is 6.54 Å². The van der Waals surface area contributed by atoms with Gasteiger partial charge in [0, 0.05) is 0 Å². The van der Waals surface area contributed by atoms with Crippen LogP contribution < -0.4 is 5.73 Å². The van der Waals surface area contributed by atoms with Gasteiger partial charge in [-0.15, -0.1) is 0 Å². The van der Waals surface area contributed by atoms with Gasteiger partial charge in [-0.1, -0.05) is 0 Å². The Morgan fingerprint density at radius 2 is 2.07 bits per heavy atom. The third kappa shape index (κ3) is 7.79. The molecule has 0 aliphatic heterocycles. The summed E-state index contributed by atoms with van der Waals surface area (Å²) in [7, 11) is 6.16. The summed E-state index contributed by atoms with van der Waals surface area (Å²) in [6.07, 6.45) is 1.61. The molecule has 0 saturated carbocycles. The highest BCUT2D eigenvalue weighted by Crippen LogP contribution is 1.95. The van der Waals surface area contributed by atoms with Crippen LogP contribution in [0.4, 0.5) is 0 Å². The maximum Gasteiger partial charge on any atom is 0.117 e. The van der Waals surface area contributed by atoms with Crippen molar-refractivity contribution in [3.05, 3.63) is 24.2 Å². The molecule has 0 amide bonds. The first-order chi connectivity index (χ1) is 6.49. The Bertz CT molecular complexity index is 215. The molecule has 0 aliphatic carbocycles. The van der Waals surface area contributed by atoms with Gasteiger partial charge in [0.15, 0.2) is 0 Å². The van der Waals surface area contributed by atoms with Gasteiger partial charge < -0.3 is 19.7 Å². The number of aliphatic hydroxyl groups excluding tert-OH is 1. The Hall–Kier alpha value is -0.840. The zero-order valence-corrected chi connectivity index (χ0v) is 9.23. The van der Waals surface area contributed by atoms with Crippen molar-refractivity contribution in [1.29, 1.82) is 0 Å². The Balaban J connectivity index is 0.000000241. The van der Waals surface area contributed by atoms with Crippen molar-refractivity contribution in [3.63, 3.8) is 0 Å². The van der Waals surface area contributed by atoms with E-state index in [9.17, 15) is 0 Å². The number of aliphatic hydroxyl groups is 1. The van der Waals surface area contributed by atoms with E-state index in [-0.39, 0.29) is 6.61 Å². The number of likely N-dealkylation sites (N-methyl/N-ethyl adjacent to an activating group) is 1. The van der Waals surface area contributed by atoms with E-state index < -0.39 is 0 Å². The summed E-state index contributed by atoms with van der Waals surface area (Å²) in [6, 6.07) is 3.67. The summed E-state index contributed by atoms with van der Waals surface area (Å²) >= 11 is 0. The molecule has 0 fully saturated rings. The van der Waals surface area contributed by atoms with Crippen LogP contribution in [0.5, 0.6) is 0 Å². The van der Waals surface area contributed by atoms with Gasteiger partial charge in [0.2, 0.25) is 0 Å². The first kappa shape index (κ1) is 13.2. The fourth-order valence-corrected chi connectivity index (χ4v) is 0.729. The average molecular weight is 201 g/mol. The number of furan rings is 1. The average Bonchev–Trinajstić information content (AvgIpc) is 2.54. The van der Waals surface area contributed by atoms with E-state index in [0.717, 1.165) is 16.8 Å². The van der Waals surface area contributed by atoms with Crippen LogP contribution in [0.1, 0.15) is 5.76 Å². The van der Waals surface area contributed by atoms with Crippen molar-refractivity contribution in [2.45, 2.75) is 6.54 Å². The van der Waals surface area contributed by atoms with Crippen molar-refractivity contribution in [3.8, 4) is 0 Å². The normalized spacial score (nSPS) is 10.6. The summed E-state index contributed by atoms with van der Waals surface area (Å²) in [5, 5.41) is 8.39. The molecule has 1 heterocycles. The zero-order chi connectivity index (χ0) is 11.0. The maximum absolute atomic E-state index is 8.39. The Labute approximate surface area is 85.5 Å². The van der Waals surface area contributed by atoms with Crippen molar-refractivity contribution < 1.29 is 14.0 Å². The van der Waals surface area contributed by atoms with Crippen LogP contribution in [0, 0.1) is 0 Å². The molecule has 1 rings (SSSR count). The highest BCUT2D eigenvalue weighted by atomic mass is 16.3. The van der Waals surface area contributed by atoms with Gasteiger partial charge >= 0.3 is 0 Å². The number of nitrogens with two attached hydrogens (primary N) is 1. The molecule has 82 valence electrons. The fourth-order valence-electron chi connectivity index (χ4n) is 0.729. The lowest BCUT2D eigenvalue weighted by molar-refractivity contribution is -0.870. The Morgan fingerprint density at radius 3 is 2.21 bits per heavy atom. The van der Waals surface area contributed by atoms with Crippen molar-refractivity contribution in [2.24, 2.45) is 5.73 Å². The third-order valence-corrected chi connectivity index (χ3v) is 1.55. The van der Waals surface area contributed by atoms with E-state index in [1.165, 1.54) is 0 Å². The molecular formula is C10H21N2O2+. The van der Waals surface area contributed by atoms with Crippen molar-refractivity contribution in [1.82, 2.24) is 0 Å². The second kappa shape index (κ2) is 6.59. The molecule has 4 nitrogen and oxygen atoms in total. The molecule has 0 atom stereocenters. The summed E-state index contributed by atoms with van der Waals surface area (Å²) in [4.78, 5) is 0. The minimum atomic E-state index is 0.281. The van der Waals surface area contributed by atoms with Crippen LogP contribution in [0.15, 0.2) is 22.8 Å². The SMILES string of the molecule is C[N+](C)(C)CCO.NCc1ccco1. The van der Waals surface area contributed by atoms with Gasteiger partial charge in [-0.2, -0.15) is 0 Å². The van der Waals surface area contributed by atoms with E-state index >= 15 is 0 Å². The monoisotopic (exact) mass is 201 g/mol. The van der Waals surface area contributed by atoms with Crippen LogP contribution in [-0.4, -0.2) is 43.9 Å². The summed E-state index contributed by atoms with van der Waals surface area (Å²) in [5.41, 5.74) is 5.20. The van der Waals surface area contributed by atoms with E-state index in [0.29, 0.717) is 6.54 Å². The number of hydrogen-bond acceptors (Lipinski definition) is 3. The van der Waals surface area contributed by atoms with Gasteiger partial charge in [0.05, 0.1) is 40.6 Å². The number of hydrogen-bond donors (Lipinski definition) is 2. The predicted molar refractivity (Wildman–Crippen MR) is 56.6 cm³/mol. The van der Waals surface area contributed by atoms with Crippen LogP contribution >= 0.6 is 0 Å². The molecule has 0 bridgehead atoms. The third-order valence-electron chi connectivity index (χ3n) is 1.55. The van der Waals surface area contributed by atoms with Crippen LogP contribution in [0.2, 0.25) is 0 Å². The number of nitrogens with zero attached hydrogens (tertiary/aromatic N) is 1. The molecule has 14 heavy (non-hydrogen) atoms. The highest BCUT2D eigenvalue weighted by molar-refractivity contribution is 4.96. The van der Waals surface area contributed by atoms with E-state index in [4.69, 9.17) is 15.3 Å². The quantitative estimate of drug-likeness (QED) is 0.697. The minimum absolute atomic E-state index is 0.281.